The van der Waals surface area contributed by atoms with Crippen LogP contribution in [0.1, 0.15) is 6.92 Å². The topological polar surface area (TPSA) is 117 Å². The molecule has 11 heteroatoms. The molecular formula is C12H14ClN5O5. The summed E-state index contributed by atoms with van der Waals surface area (Å²) in [6, 6.07) is 0. The zero-order valence-electron chi connectivity index (χ0n) is 12.6. The van der Waals surface area contributed by atoms with Gasteiger partial charge in [0.2, 0.25) is 11.2 Å². The number of nitrogens with one attached hydrogen (secondary N) is 1. The number of imide groups is 1. The molecule has 2 aromatic heterocycles. The monoisotopic (exact) mass is 343 g/mol. The maximum atomic E-state index is 12.2. The van der Waals surface area contributed by atoms with E-state index in [0.717, 1.165) is 13.7 Å². The van der Waals surface area contributed by atoms with E-state index in [0.29, 0.717) is 0 Å². The molecule has 0 bridgehead atoms. The van der Waals surface area contributed by atoms with Crippen LogP contribution < -0.4 is 16.6 Å². The van der Waals surface area contributed by atoms with Gasteiger partial charge in [0.05, 0.1) is 6.61 Å². The van der Waals surface area contributed by atoms with Gasteiger partial charge in [0, 0.05) is 14.1 Å². The molecule has 2 rings (SSSR count). The van der Waals surface area contributed by atoms with Crippen molar-refractivity contribution in [1.82, 2.24) is 24.0 Å². The first-order valence-corrected chi connectivity index (χ1v) is 6.94. The lowest BCUT2D eigenvalue weighted by Crippen LogP contribution is -2.38. The van der Waals surface area contributed by atoms with Gasteiger partial charge in [-0.3, -0.25) is 28.6 Å². The van der Waals surface area contributed by atoms with Crippen molar-refractivity contribution in [2.45, 2.75) is 13.5 Å². The van der Waals surface area contributed by atoms with E-state index in [4.69, 9.17) is 11.6 Å². The average molecular weight is 344 g/mol. The molecule has 0 aliphatic carbocycles. The molecule has 0 saturated carbocycles. The third-order valence-corrected chi connectivity index (χ3v) is 3.41. The van der Waals surface area contributed by atoms with Gasteiger partial charge in [0.15, 0.2) is 11.2 Å². The third-order valence-electron chi connectivity index (χ3n) is 3.12. The number of aryl methyl sites for hydroxylation is 1. The van der Waals surface area contributed by atoms with Crippen LogP contribution in [0, 0.1) is 0 Å². The second kappa shape index (κ2) is 6.24. The van der Waals surface area contributed by atoms with Crippen LogP contribution in [0.15, 0.2) is 9.59 Å². The second-order valence-corrected chi connectivity index (χ2v) is 4.95. The van der Waals surface area contributed by atoms with Crippen LogP contribution in [0.25, 0.3) is 11.2 Å². The Bertz CT molecular complexity index is 909. The number of carbonyl (C=O) groups is 2. The molecular weight excluding hydrogens is 330 g/mol. The molecule has 0 fully saturated rings. The summed E-state index contributed by atoms with van der Waals surface area (Å²) in [5.74, 6) is -0.736. The van der Waals surface area contributed by atoms with Gasteiger partial charge in [-0.2, -0.15) is 4.98 Å². The maximum Gasteiger partial charge on any atom is 0.413 e. The number of hydrogen-bond donors (Lipinski definition) is 1. The van der Waals surface area contributed by atoms with E-state index in [9.17, 15) is 19.2 Å². The molecule has 0 atom stereocenters. The molecule has 0 aliphatic rings. The summed E-state index contributed by atoms with van der Waals surface area (Å²) in [5.41, 5.74) is -1.18. The number of hydrogen-bond acceptors (Lipinski definition) is 6. The van der Waals surface area contributed by atoms with Crippen molar-refractivity contribution < 1.29 is 14.3 Å². The van der Waals surface area contributed by atoms with Gasteiger partial charge in [0.25, 0.3) is 5.56 Å². The quantitative estimate of drug-likeness (QED) is 0.741. The van der Waals surface area contributed by atoms with Gasteiger partial charge in [-0.05, 0) is 18.5 Å². The molecule has 2 amide bonds. The number of nitrogens with zero attached hydrogens (tertiary/aromatic N) is 4. The molecule has 0 aromatic carbocycles. The van der Waals surface area contributed by atoms with Crippen molar-refractivity contribution in [2.75, 3.05) is 6.61 Å². The summed E-state index contributed by atoms with van der Waals surface area (Å²) in [6.07, 6.45) is -0.904. The number of rotatable bonds is 3. The lowest BCUT2D eigenvalue weighted by molar-refractivity contribution is -0.120. The van der Waals surface area contributed by atoms with Crippen molar-refractivity contribution in [1.29, 1.82) is 0 Å². The van der Waals surface area contributed by atoms with Gasteiger partial charge in [-0.1, -0.05) is 0 Å². The molecule has 0 unspecified atom stereocenters. The summed E-state index contributed by atoms with van der Waals surface area (Å²) in [4.78, 5) is 51.1. The Labute approximate surface area is 134 Å². The Morgan fingerprint density at radius 2 is 1.91 bits per heavy atom. The second-order valence-electron chi connectivity index (χ2n) is 4.61. The van der Waals surface area contributed by atoms with E-state index < -0.39 is 29.8 Å². The molecule has 2 heterocycles. The summed E-state index contributed by atoms with van der Waals surface area (Å²) in [7, 11) is 2.73. The van der Waals surface area contributed by atoms with Gasteiger partial charge < -0.3 is 4.74 Å². The number of amides is 2. The molecule has 124 valence electrons. The van der Waals surface area contributed by atoms with Crippen molar-refractivity contribution >= 4 is 34.8 Å². The highest BCUT2D eigenvalue weighted by atomic mass is 35.5. The minimum Gasteiger partial charge on any atom is -0.450 e. The fraction of sp³-hybridized carbons (Fsp3) is 0.417. The maximum absolute atomic E-state index is 12.2. The first-order chi connectivity index (χ1) is 10.8. The largest absolute Gasteiger partial charge is 0.450 e. The Morgan fingerprint density at radius 1 is 1.26 bits per heavy atom. The molecule has 0 radical (unpaired) electrons. The number of halogens is 1. The minimum absolute atomic E-state index is 0.0152. The third kappa shape index (κ3) is 2.97. The zero-order valence-corrected chi connectivity index (χ0v) is 13.4. The Balaban J connectivity index is 2.48. The minimum atomic E-state index is -0.904. The Morgan fingerprint density at radius 3 is 2.52 bits per heavy atom. The molecule has 0 spiro atoms. The first kappa shape index (κ1) is 16.7. The van der Waals surface area contributed by atoms with Gasteiger partial charge in [-0.25, -0.2) is 9.59 Å². The normalized spacial score (nSPS) is 10.8. The highest BCUT2D eigenvalue weighted by molar-refractivity contribution is 6.29. The predicted molar refractivity (Wildman–Crippen MR) is 80.4 cm³/mol. The van der Waals surface area contributed by atoms with Gasteiger partial charge in [0.1, 0.15) is 6.54 Å². The highest BCUT2D eigenvalue weighted by Gasteiger charge is 2.20. The molecule has 0 saturated heterocycles. The fourth-order valence-corrected chi connectivity index (χ4v) is 2.25. The Hall–Kier alpha value is -2.62. The van der Waals surface area contributed by atoms with E-state index in [1.54, 1.807) is 6.92 Å². The van der Waals surface area contributed by atoms with Crippen LogP contribution in [0.2, 0.25) is 5.28 Å². The van der Waals surface area contributed by atoms with Crippen molar-refractivity contribution in [3.05, 3.63) is 26.1 Å². The van der Waals surface area contributed by atoms with Crippen molar-refractivity contribution in [2.24, 2.45) is 14.1 Å². The summed E-state index contributed by atoms with van der Waals surface area (Å²) < 4.78 is 7.72. The lowest BCUT2D eigenvalue weighted by Gasteiger charge is -2.07. The lowest BCUT2D eigenvalue weighted by atomic mass is 10.4. The van der Waals surface area contributed by atoms with Gasteiger partial charge in [-0.15, -0.1) is 0 Å². The van der Waals surface area contributed by atoms with E-state index in [2.05, 4.69) is 9.72 Å². The average Bonchev–Trinajstić information content (AvgIpc) is 2.80. The molecule has 23 heavy (non-hydrogen) atoms. The highest BCUT2D eigenvalue weighted by Crippen LogP contribution is 2.15. The summed E-state index contributed by atoms with van der Waals surface area (Å²) in [5, 5.41) is 1.83. The SMILES string of the molecule is CCOC(=O)NC(=O)Cn1c(Cl)nc2c1c(=O)n(C)c(=O)n2C. The van der Waals surface area contributed by atoms with Crippen LogP contribution in [-0.4, -0.2) is 37.3 Å². The summed E-state index contributed by atoms with van der Waals surface area (Å²) in [6.45, 7) is 1.27. The number of aromatic nitrogens is 4. The standard InChI is InChI=1S/C12H14ClN5O5/c1-4-23-11(21)14-6(19)5-18-7-8(15-10(18)13)16(2)12(22)17(3)9(7)20/h4-5H2,1-3H3,(H,14,19,21). The van der Waals surface area contributed by atoms with E-state index in [-0.39, 0.29) is 23.1 Å². The number of ether oxygens (including phenoxy) is 1. The zero-order chi connectivity index (χ0) is 17.3. The smallest absolute Gasteiger partial charge is 0.413 e. The van der Waals surface area contributed by atoms with Crippen LogP contribution in [0.4, 0.5) is 4.79 Å². The number of fused-ring (bicyclic) bond motifs is 1. The molecule has 2 aromatic rings. The van der Waals surface area contributed by atoms with Gasteiger partial charge >= 0.3 is 11.8 Å². The van der Waals surface area contributed by atoms with Crippen LogP contribution in [0.5, 0.6) is 0 Å². The van der Waals surface area contributed by atoms with E-state index >= 15 is 0 Å². The van der Waals surface area contributed by atoms with Crippen LogP contribution in [0.3, 0.4) is 0 Å². The van der Waals surface area contributed by atoms with Crippen LogP contribution in [-0.2, 0) is 30.2 Å². The first-order valence-electron chi connectivity index (χ1n) is 6.56. The van der Waals surface area contributed by atoms with Crippen molar-refractivity contribution in [3.63, 3.8) is 0 Å². The fourth-order valence-electron chi connectivity index (χ4n) is 2.03. The van der Waals surface area contributed by atoms with E-state index in [1.807, 2.05) is 5.32 Å². The predicted octanol–water partition coefficient (Wildman–Crippen LogP) is -0.640. The number of imidazole rings is 1. The Kier molecular flexibility index (Phi) is 4.55. The summed E-state index contributed by atoms with van der Waals surface area (Å²) >= 11 is 5.95. The number of alkyl carbamates (subject to hydrolysis) is 1. The van der Waals surface area contributed by atoms with Crippen LogP contribution >= 0.6 is 11.6 Å². The van der Waals surface area contributed by atoms with E-state index in [1.165, 1.54) is 14.1 Å². The molecule has 0 aliphatic heterocycles. The molecule has 1 N–H and O–H groups in total. The number of carbonyl (C=O) groups excluding carboxylic acids is 2. The molecule has 10 nitrogen and oxygen atoms in total. The van der Waals surface area contributed by atoms with Crippen molar-refractivity contribution in [3.8, 4) is 0 Å².